The summed E-state index contributed by atoms with van der Waals surface area (Å²) in [5, 5.41) is 2.60. The predicted molar refractivity (Wildman–Crippen MR) is 86.4 cm³/mol. The van der Waals surface area contributed by atoms with Gasteiger partial charge >= 0.3 is 0 Å². The van der Waals surface area contributed by atoms with Crippen LogP contribution in [-0.2, 0) is 9.59 Å². The topological polar surface area (TPSA) is 61.8 Å². The van der Waals surface area contributed by atoms with E-state index in [-0.39, 0.29) is 18.0 Å². The quantitative estimate of drug-likeness (QED) is 0.904. The van der Waals surface area contributed by atoms with Gasteiger partial charge in [0.2, 0.25) is 5.91 Å². The average Bonchev–Trinajstić information content (AvgIpc) is 2.84. The van der Waals surface area contributed by atoms with Crippen LogP contribution in [0.25, 0.3) is 0 Å². The van der Waals surface area contributed by atoms with E-state index in [1.54, 1.807) is 12.1 Å². The van der Waals surface area contributed by atoms with Gasteiger partial charge in [-0.3, -0.25) is 9.59 Å². The summed E-state index contributed by atoms with van der Waals surface area (Å²) in [6, 6.07) is 5.93. The minimum atomic E-state index is -0.539. The highest BCUT2D eigenvalue weighted by atomic mass is 32.2. The van der Waals surface area contributed by atoms with Gasteiger partial charge in [0.1, 0.15) is 11.1 Å². The maximum absolute atomic E-state index is 13.5. The van der Waals surface area contributed by atoms with Gasteiger partial charge in [0.15, 0.2) is 5.17 Å². The van der Waals surface area contributed by atoms with Gasteiger partial charge in [0, 0.05) is 19.5 Å². The molecule has 1 aliphatic rings. The molecule has 1 aliphatic heterocycles. The Hall–Kier alpha value is -1.89. The van der Waals surface area contributed by atoms with E-state index in [9.17, 15) is 14.0 Å². The van der Waals surface area contributed by atoms with E-state index in [0.29, 0.717) is 5.17 Å². The molecule has 0 spiro atoms. The molecule has 1 aromatic rings. The highest BCUT2D eigenvalue weighted by molar-refractivity contribution is 8.15. The second-order valence-electron chi connectivity index (χ2n) is 4.74. The van der Waals surface area contributed by atoms with Crippen LogP contribution in [0.4, 0.5) is 10.1 Å². The average molecular weight is 323 g/mol. The maximum Gasteiger partial charge on any atom is 0.262 e. The first-order valence-electron chi connectivity index (χ1n) is 7.13. The van der Waals surface area contributed by atoms with Crippen molar-refractivity contribution in [2.24, 2.45) is 4.99 Å². The monoisotopic (exact) mass is 323 g/mol. The molecule has 5 nitrogen and oxygen atoms in total. The van der Waals surface area contributed by atoms with Gasteiger partial charge in [0.05, 0.1) is 5.69 Å². The minimum absolute atomic E-state index is 0.0217. The third-order valence-corrected chi connectivity index (χ3v) is 4.49. The van der Waals surface area contributed by atoms with Gasteiger partial charge in [-0.05, 0) is 26.0 Å². The van der Waals surface area contributed by atoms with Crippen molar-refractivity contribution in [3.63, 3.8) is 0 Å². The smallest absolute Gasteiger partial charge is 0.262 e. The number of hydrogen-bond acceptors (Lipinski definition) is 4. The van der Waals surface area contributed by atoms with Crippen LogP contribution >= 0.6 is 11.8 Å². The fourth-order valence-corrected chi connectivity index (χ4v) is 3.26. The normalized spacial score (nSPS) is 17.3. The molecule has 0 fully saturated rings. The predicted octanol–water partition coefficient (Wildman–Crippen LogP) is 2.49. The van der Waals surface area contributed by atoms with Gasteiger partial charge in [-0.25, -0.2) is 4.39 Å². The number of hydrogen-bond donors (Lipinski definition) is 1. The summed E-state index contributed by atoms with van der Waals surface area (Å²) in [4.78, 5) is 29.8. The molecule has 0 radical (unpaired) electrons. The van der Waals surface area contributed by atoms with Crippen LogP contribution in [0.2, 0.25) is 0 Å². The number of nitrogens with zero attached hydrogens (tertiary/aromatic N) is 2. The molecule has 1 unspecified atom stereocenters. The molecule has 22 heavy (non-hydrogen) atoms. The summed E-state index contributed by atoms with van der Waals surface area (Å²) < 4.78 is 13.5. The number of halogens is 1. The van der Waals surface area contributed by atoms with Crippen molar-refractivity contribution in [3.8, 4) is 0 Å². The highest BCUT2D eigenvalue weighted by Crippen LogP contribution is 2.27. The number of rotatable bonds is 5. The van der Waals surface area contributed by atoms with Crippen molar-refractivity contribution < 1.29 is 14.0 Å². The Morgan fingerprint density at radius 2 is 2.05 bits per heavy atom. The zero-order valence-corrected chi connectivity index (χ0v) is 13.3. The molecule has 0 saturated heterocycles. The van der Waals surface area contributed by atoms with Crippen molar-refractivity contribution in [2.45, 2.75) is 25.5 Å². The third kappa shape index (κ3) is 3.85. The maximum atomic E-state index is 13.5. The number of nitrogens with one attached hydrogen (secondary N) is 1. The van der Waals surface area contributed by atoms with E-state index < -0.39 is 17.0 Å². The fourth-order valence-electron chi connectivity index (χ4n) is 2.07. The number of anilines is 1. The number of thioether (sulfide) groups is 1. The van der Waals surface area contributed by atoms with Crippen LogP contribution in [0.3, 0.4) is 0 Å². The first-order valence-corrected chi connectivity index (χ1v) is 8.01. The molecule has 7 heteroatoms. The third-order valence-electron chi connectivity index (χ3n) is 3.28. The first kappa shape index (κ1) is 16.5. The molecule has 2 rings (SSSR count). The van der Waals surface area contributed by atoms with Crippen molar-refractivity contribution in [3.05, 3.63) is 30.1 Å². The van der Waals surface area contributed by atoms with E-state index in [1.165, 1.54) is 23.9 Å². The Morgan fingerprint density at radius 3 is 2.68 bits per heavy atom. The second-order valence-corrected chi connectivity index (χ2v) is 5.91. The van der Waals surface area contributed by atoms with Crippen LogP contribution in [0.15, 0.2) is 29.3 Å². The summed E-state index contributed by atoms with van der Waals surface area (Å²) in [6.45, 7) is 5.47. The standard InChI is InChI=1S/C15H18FN3O2S/c1-3-19(4-2)15-18-14(21)12(22-15)9-13(20)17-11-8-6-5-7-10(11)16/h5-8,12H,3-4,9H2,1-2H3,(H,17,20). The Kier molecular flexibility index (Phi) is 5.54. The van der Waals surface area contributed by atoms with Gasteiger partial charge < -0.3 is 10.2 Å². The van der Waals surface area contributed by atoms with Gasteiger partial charge in [-0.2, -0.15) is 4.99 Å². The van der Waals surface area contributed by atoms with E-state index in [2.05, 4.69) is 10.3 Å². The zero-order chi connectivity index (χ0) is 16.1. The Bertz CT molecular complexity index is 602. The van der Waals surface area contributed by atoms with E-state index >= 15 is 0 Å². The molecule has 2 amide bonds. The van der Waals surface area contributed by atoms with E-state index in [0.717, 1.165) is 13.1 Å². The first-order chi connectivity index (χ1) is 10.5. The second kappa shape index (κ2) is 7.40. The molecule has 0 aromatic heterocycles. The van der Waals surface area contributed by atoms with Crippen molar-refractivity contribution in [1.29, 1.82) is 0 Å². The lowest BCUT2D eigenvalue weighted by Crippen LogP contribution is -2.28. The number of aliphatic imine (C=N–C) groups is 1. The van der Waals surface area contributed by atoms with Crippen LogP contribution in [0.5, 0.6) is 0 Å². The molecule has 1 atom stereocenters. The van der Waals surface area contributed by atoms with Gasteiger partial charge in [0.25, 0.3) is 5.91 Å². The van der Waals surface area contributed by atoms with Crippen LogP contribution < -0.4 is 5.32 Å². The zero-order valence-electron chi connectivity index (χ0n) is 12.5. The van der Waals surface area contributed by atoms with Crippen LogP contribution in [0.1, 0.15) is 20.3 Å². The van der Waals surface area contributed by atoms with E-state index in [1.807, 2.05) is 18.7 Å². The Labute approximate surface area is 133 Å². The molecular formula is C15H18FN3O2S. The van der Waals surface area contributed by atoms with Crippen molar-refractivity contribution in [2.75, 3.05) is 18.4 Å². The molecule has 0 bridgehead atoms. The summed E-state index contributed by atoms with van der Waals surface area (Å²) in [6.07, 6.45) is -0.0217. The summed E-state index contributed by atoms with van der Waals surface area (Å²) >= 11 is 1.29. The number of amidine groups is 1. The number of para-hydroxylation sites is 1. The molecule has 1 heterocycles. The molecular weight excluding hydrogens is 305 g/mol. The van der Waals surface area contributed by atoms with E-state index in [4.69, 9.17) is 0 Å². The Balaban J connectivity index is 1.94. The van der Waals surface area contributed by atoms with Crippen LogP contribution in [0, 0.1) is 5.82 Å². The lowest BCUT2D eigenvalue weighted by atomic mass is 10.2. The number of benzene rings is 1. The van der Waals surface area contributed by atoms with Gasteiger partial charge in [-0.1, -0.05) is 23.9 Å². The van der Waals surface area contributed by atoms with Crippen molar-refractivity contribution in [1.82, 2.24) is 4.90 Å². The number of carbonyl (C=O) groups excluding carboxylic acids is 2. The molecule has 118 valence electrons. The fraction of sp³-hybridized carbons (Fsp3) is 0.400. The summed E-state index contributed by atoms with van der Waals surface area (Å²) in [7, 11) is 0. The van der Waals surface area contributed by atoms with Crippen molar-refractivity contribution >= 4 is 34.4 Å². The molecule has 1 aromatic carbocycles. The number of amides is 2. The summed E-state index contributed by atoms with van der Waals surface area (Å²) in [5.41, 5.74) is 0.118. The van der Waals surface area contributed by atoms with Crippen LogP contribution in [-0.4, -0.2) is 40.2 Å². The molecule has 0 aliphatic carbocycles. The Morgan fingerprint density at radius 1 is 1.36 bits per heavy atom. The minimum Gasteiger partial charge on any atom is -0.352 e. The lowest BCUT2D eigenvalue weighted by molar-refractivity contribution is -0.121. The number of carbonyl (C=O) groups is 2. The summed E-state index contributed by atoms with van der Waals surface area (Å²) in [5.74, 6) is -1.20. The SMILES string of the molecule is CCN(CC)C1=NC(=O)C(CC(=O)Nc2ccccc2F)S1. The lowest BCUT2D eigenvalue weighted by Gasteiger charge is -2.19. The highest BCUT2D eigenvalue weighted by Gasteiger charge is 2.32. The van der Waals surface area contributed by atoms with Gasteiger partial charge in [-0.15, -0.1) is 0 Å². The largest absolute Gasteiger partial charge is 0.352 e. The molecule has 1 N–H and O–H groups in total. The molecule has 0 saturated carbocycles.